The van der Waals surface area contributed by atoms with Crippen molar-refractivity contribution in [2.24, 2.45) is 0 Å². The first kappa shape index (κ1) is 24.8. The lowest BCUT2D eigenvalue weighted by Gasteiger charge is -2.45. The molecule has 2 atom stereocenters. The number of β-amino-alcohol motifs (C(OH)–C–C–N with tert-alkyl or cyclic N) is 1. The standard InChI is InChI=1S/C27H29ClN4O3/c1-27(33,21-9-10-30-26(15-21)35-3)18-31-11-12-32(24-8-7-19(16-29)13-23(24)28)25(17-31)20-5-4-6-22(14-20)34-2/h4-10,13-15,25,33H,11-12,17-18H2,1-3H3/t25-,27+/m0/s1. The maximum absolute atomic E-state index is 11.4. The van der Waals surface area contributed by atoms with Gasteiger partial charge >= 0.3 is 0 Å². The third kappa shape index (κ3) is 5.51. The van der Waals surface area contributed by atoms with E-state index in [1.54, 1.807) is 38.6 Å². The van der Waals surface area contributed by atoms with Gasteiger partial charge in [-0.05, 0) is 54.4 Å². The predicted molar refractivity (Wildman–Crippen MR) is 136 cm³/mol. The molecule has 1 aliphatic heterocycles. The molecule has 0 unspecified atom stereocenters. The number of aliphatic hydroxyl groups is 1. The van der Waals surface area contributed by atoms with Gasteiger partial charge in [0.05, 0.1) is 48.2 Å². The van der Waals surface area contributed by atoms with Gasteiger partial charge in [-0.15, -0.1) is 0 Å². The zero-order chi connectivity index (χ0) is 25.0. The van der Waals surface area contributed by atoms with Gasteiger partial charge in [0.2, 0.25) is 5.88 Å². The minimum absolute atomic E-state index is 0.0351. The van der Waals surface area contributed by atoms with Crippen LogP contribution in [0.5, 0.6) is 11.6 Å². The minimum atomic E-state index is -1.09. The van der Waals surface area contributed by atoms with Crippen molar-refractivity contribution < 1.29 is 14.6 Å². The number of anilines is 1. The van der Waals surface area contributed by atoms with E-state index in [0.29, 0.717) is 36.1 Å². The van der Waals surface area contributed by atoms with Gasteiger partial charge in [0, 0.05) is 38.4 Å². The third-order valence-electron chi connectivity index (χ3n) is 6.43. The van der Waals surface area contributed by atoms with Crippen molar-refractivity contribution in [2.75, 3.05) is 45.3 Å². The Bertz CT molecular complexity index is 1230. The quantitative estimate of drug-likeness (QED) is 0.523. The summed E-state index contributed by atoms with van der Waals surface area (Å²) in [5.74, 6) is 1.25. The van der Waals surface area contributed by atoms with Crippen LogP contribution in [0.1, 0.15) is 29.7 Å². The molecule has 1 aliphatic rings. The average molecular weight is 493 g/mol. The van der Waals surface area contributed by atoms with E-state index in [2.05, 4.69) is 26.9 Å². The molecule has 1 aromatic heterocycles. The lowest BCUT2D eigenvalue weighted by atomic mass is 9.94. The number of hydrogen-bond donors (Lipinski definition) is 1. The van der Waals surface area contributed by atoms with Gasteiger partial charge in [-0.1, -0.05) is 23.7 Å². The largest absolute Gasteiger partial charge is 0.497 e. The molecule has 8 heteroatoms. The summed E-state index contributed by atoms with van der Waals surface area (Å²) in [6.45, 7) is 4.35. The maximum atomic E-state index is 11.4. The van der Waals surface area contributed by atoms with Crippen molar-refractivity contribution in [3.8, 4) is 17.7 Å². The van der Waals surface area contributed by atoms with Crippen LogP contribution in [-0.4, -0.2) is 55.4 Å². The fraction of sp³-hybridized carbons (Fsp3) is 0.333. The van der Waals surface area contributed by atoms with Crippen molar-refractivity contribution in [1.82, 2.24) is 9.88 Å². The van der Waals surface area contributed by atoms with Crippen molar-refractivity contribution in [1.29, 1.82) is 5.26 Å². The Hall–Kier alpha value is -3.31. The molecule has 182 valence electrons. The third-order valence-corrected chi connectivity index (χ3v) is 6.73. The predicted octanol–water partition coefficient (Wildman–Crippen LogP) is 4.39. The van der Waals surface area contributed by atoms with Gasteiger partial charge in [0.1, 0.15) is 5.75 Å². The van der Waals surface area contributed by atoms with E-state index < -0.39 is 5.60 Å². The maximum Gasteiger partial charge on any atom is 0.213 e. The van der Waals surface area contributed by atoms with E-state index in [9.17, 15) is 10.4 Å². The molecule has 2 heterocycles. The molecule has 7 nitrogen and oxygen atoms in total. The number of pyridine rings is 1. The monoisotopic (exact) mass is 492 g/mol. The molecule has 2 aromatic carbocycles. The molecular weight excluding hydrogens is 464 g/mol. The van der Waals surface area contributed by atoms with E-state index in [1.165, 1.54) is 0 Å². The van der Waals surface area contributed by atoms with E-state index in [4.69, 9.17) is 21.1 Å². The molecule has 1 saturated heterocycles. The fourth-order valence-electron chi connectivity index (χ4n) is 4.60. The van der Waals surface area contributed by atoms with Crippen LogP contribution in [0.15, 0.2) is 60.8 Å². The molecule has 1 fully saturated rings. The van der Waals surface area contributed by atoms with Crippen molar-refractivity contribution in [2.45, 2.75) is 18.6 Å². The van der Waals surface area contributed by atoms with Gasteiger partial charge < -0.3 is 19.5 Å². The highest BCUT2D eigenvalue weighted by atomic mass is 35.5. The van der Waals surface area contributed by atoms with Crippen LogP contribution in [-0.2, 0) is 5.60 Å². The van der Waals surface area contributed by atoms with Gasteiger partial charge in [-0.25, -0.2) is 4.98 Å². The SMILES string of the molecule is COc1cccc([C@@H]2CN(C[C@@](C)(O)c3ccnc(OC)c3)CCN2c2ccc(C#N)cc2Cl)c1. The van der Waals surface area contributed by atoms with Crippen molar-refractivity contribution in [3.63, 3.8) is 0 Å². The number of ether oxygens (including phenoxy) is 2. The molecular formula is C27H29ClN4O3. The number of methoxy groups -OCH3 is 2. The molecule has 0 aliphatic carbocycles. The molecule has 4 rings (SSSR count). The smallest absolute Gasteiger partial charge is 0.213 e. The van der Waals surface area contributed by atoms with E-state index in [0.717, 1.165) is 29.1 Å². The van der Waals surface area contributed by atoms with Crippen LogP contribution >= 0.6 is 11.6 Å². The highest BCUT2D eigenvalue weighted by Crippen LogP contribution is 2.37. The topological polar surface area (TPSA) is 81.9 Å². The molecule has 35 heavy (non-hydrogen) atoms. The number of piperazine rings is 1. The van der Waals surface area contributed by atoms with Crippen LogP contribution in [0.2, 0.25) is 5.02 Å². The zero-order valence-electron chi connectivity index (χ0n) is 20.1. The average Bonchev–Trinajstić information content (AvgIpc) is 2.88. The number of nitriles is 1. The Morgan fingerprint density at radius 3 is 2.69 bits per heavy atom. The zero-order valence-corrected chi connectivity index (χ0v) is 20.9. The summed E-state index contributed by atoms with van der Waals surface area (Å²) in [6.07, 6.45) is 1.65. The highest BCUT2D eigenvalue weighted by molar-refractivity contribution is 6.33. The van der Waals surface area contributed by atoms with E-state index in [-0.39, 0.29) is 6.04 Å². The summed E-state index contributed by atoms with van der Waals surface area (Å²) in [5.41, 5.74) is 2.14. The first-order chi connectivity index (χ1) is 16.8. The van der Waals surface area contributed by atoms with Gasteiger partial charge in [-0.3, -0.25) is 4.90 Å². The number of halogens is 1. The normalized spacial score (nSPS) is 17.9. The Morgan fingerprint density at radius 2 is 1.97 bits per heavy atom. The number of benzene rings is 2. The Labute approximate surface area is 211 Å². The summed E-state index contributed by atoms with van der Waals surface area (Å²) in [4.78, 5) is 8.67. The van der Waals surface area contributed by atoms with Crippen LogP contribution in [0, 0.1) is 11.3 Å². The summed E-state index contributed by atoms with van der Waals surface area (Å²) in [7, 11) is 3.22. The Balaban J connectivity index is 1.64. The molecule has 3 aromatic rings. The Kier molecular flexibility index (Phi) is 7.46. The molecule has 0 spiro atoms. The summed E-state index contributed by atoms with van der Waals surface area (Å²) in [6, 6.07) is 19.1. The number of aromatic nitrogens is 1. The first-order valence-electron chi connectivity index (χ1n) is 11.4. The molecule has 0 radical (unpaired) electrons. The van der Waals surface area contributed by atoms with Gasteiger partial charge in [-0.2, -0.15) is 5.26 Å². The van der Waals surface area contributed by atoms with Crippen LogP contribution in [0.25, 0.3) is 0 Å². The number of nitrogens with zero attached hydrogens (tertiary/aromatic N) is 4. The second-order valence-electron chi connectivity index (χ2n) is 8.86. The van der Waals surface area contributed by atoms with Crippen LogP contribution in [0.3, 0.4) is 0 Å². The molecule has 0 bridgehead atoms. The second kappa shape index (κ2) is 10.5. The van der Waals surface area contributed by atoms with Crippen molar-refractivity contribution in [3.05, 3.63) is 82.5 Å². The second-order valence-corrected chi connectivity index (χ2v) is 9.27. The van der Waals surface area contributed by atoms with Crippen LogP contribution < -0.4 is 14.4 Å². The van der Waals surface area contributed by atoms with E-state index >= 15 is 0 Å². The molecule has 0 saturated carbocycles. The summed E-state index contributed by atoms with van der Waals surface area (Å²) < 4.78 is 10.7. The first-order valence-corrected chi connectivity index (χ1v) is 11.8. The van der Waals surface area contributed by atoms with Gasteiger partial charge in [0.15, 0.2) is 0 Å². The van der Waals surface area contributed by atoms with Crippen molar-refractivity contribution >= 4 is 17.3 Å². The van der Waals surface area contributed by atoms with Gasteiger partial charge in [0.25, 0.3) is 0 Å². The molecule has 0 amide bonds. The summed E-state index contributed by atoms with van der Waals surface area (Å²) >= 11 is 6.62. The number of hydrogen-bond acceptors (Lipinski definition) is 7. The lowest BCUT2D eigenvalue weighted by Crippen LogP contribution is -2.52. The highest BCUT2D eigenvalue weighted by Gasteiger charge is 2.34. The number of rotatable bonds is 7. The van der Waals surface area contributed by atoms with E-state index in [1.807, 2.05) is 37.3 Å². The van der Waals surface area contributed by atoms with Crippen LogP contribution in [0.4, 0.5) is 5.69 Å². The lowest BCUT2D eigenvalue weighted by molar-refractivity contribution is 0.0100. The fourth-order valence-corrected chi connectivity index (χ4v) is 4.89. The molecule has 1 N–H and O–H groups in total. The Morgan fingerprint density at radius 1 is 1.14 bits per heavy atom. The minimum Gasteiger partial charge on any atom is -0.497 e. The summed E-state index contributed by atoms with van der Waals surface area (Å²) in [5, 5.41) is 21.2.